The fraction of sp³-hybridized carbons (Fsp3) is 0.190. The third kappa shape index (κ3) is 3.21. The molecule has 4 rings (SSSR count). The highest BCUT2D eigenvalue weighted by atomic mass is 16.5. The fourth-order valence-corrected chi connectivity index (χ4v) is 2.93. The van der Waals surface area contributed by atoms with Crippen molar-refractivity contribution in [3.8, 4) is 34.5 Å². The van der Waals surface area contributed by atoms with Crippen LogP contribution in [-0.4, -0.2) is 28.8 Å². The summed E-state index contributed by atoms with van der Waals surface area (Å²) in [6.45, 7) is 4.41. The van der Waals surface area contributed by atoms with Crippen LogP contribution in [-0.2, 0) is 0 Å². The summed E-state index contributed by atoms with van der Waals surface area (Å²) >= 11 is 0. The highest BCUT2D eigenvalue weighted by molar-refractivity contribution is 5.86. The van der Waals surface area contributed by atoms with Crippen LogP contribution in [0.1, 0.15) is 12.5 Å². The predicted molar refractivity (Wildman–Crippen MR) is 103 cm³/mol. The van der Waals surface area contributed by atoms with Gasteiger partial charge in [0.15, 0.2) is 0 Å². The minimum Gasteiger partial charge on any atom is -0.497 e. The van der Waals surface area contributed by atoms with E-state index in [-0.39, 0.29) is 0 Å². The van der Waals surface area contributed by atoms with Crippen molar-refractivity contribution in [3.05, 3.63) is 54.1 Å². The molecule has 6 nitrogen and oxygen atoms in total. The molecular formula is C21H19N3O3. The molecule has 4 aromatic rings. The monoisotopic (exact) mass is 361 g/mol. The molecule has 2 heterocycles. The standard InChI is InChI=1S/C21H19N3O3/c1-4-26-20-17(12-14-11-15(25-3)9-10-18(14)22-20)19-23-21(27-24-19)16-8-6-5-7-13(16)2/h5-12H,4H2,1-3H3. The van der Waals surface area contributed by atoms with E-state index in [2.05, 4.69) is 15.1 Å². The number of pyridine rings is 1. The van der Waals surface area contributed by atoms with E-state index in [1.54, 1.807) is 7.11 Å². The Hall–Kier alpha value is -3.41. The maximum absolute atomic E-state index is 5.73. The predicted octanol–water partition coefficient (Wildman–Crippen LogP) is 4.67. The zero-order chi connectivity index (χ0) is 18.8. The van der Waals surface area contributed by atoms with Crippen molar-refractivity contribution in [2.45, 2.75) is 13.8 Å². The van der Waals surface area contributed by atoms with E-state index in [0.717, 1.165) is 27.8 Å². The molecule has 0 spiro atoms. The number of fused-ring (bicyclic) bond motifs is 1. The first-order valence-corrected chi connectivity index (χ1v) is 8.71. The van der Waals surface area contributed by atoms with Crippen LogP contribution < -0.4 is 9.47 Å². The molecule has 136 valence electrons. The first-order valence-electron chi connectivity index (χ1n) is 8.71. The lowest BCUT2D eigenvalue weighted by molar-refractivity contribution is 0.329. The lowest BCUT2D eigenvalue weighted by Crippen LogP contribution is -1.98. The quantitative estimate of drug-likeness (QED) is 0.514. The van der Waals surface area contributed by atoms with Gasteiger partial charge in [0.1, 0.15) is 5.75 Å². The number of hydrogen-bond acceptors (Lipinski definition) is 6. The largest absolute Gasteiger partial charge is 0.497 e. The minimum atomic E-state index is 0.439. The molecule has 0 radical (unpaired) electrons. The van der Waals surface area contributed by atoms with Gasteiger partial charge in [-0.25, -0.2) is 4.98 Å². The van der Waals surface area contributed by atoms with Gasteiger partial charge >= 0.3 is 0 Å². The molecule has 27 heavy (non-hydrogen) atoms. The van der Waals surface area contributed by atoms with Crippen molar-refractivity contribution >= 4 is 10.9 Å². The molecule has 0 fully saturated rings. The lowest BCUT2D eigenvalue weighted by atomic mass is 10.1. The van der Waals surface area contributed by atoms with Gasteiger partial charge < -0.3 is 14.0 Å². The second-order valence-electron chi connectivity index (χ2n) is 6.07. The van der Waals surface area contributed by atoms with Crippen molar-refractivity contribution in [2.75, 3.05) is 13.7 Å². The average molecular weight is 361 g/mol. The molecule has 0 N–H and O–H groups in total. The summed E-state index contributed by atoms with van der Waals surface area (Å²) in [5, 5.41) is 5.07. The van der Waals surface area contributed by atoms with Crippen molar-refractivity contribution in [3.63, 3.8) is 0 Å². The Bertz CT molecular complexity index is 1100. The van der Waals surface area contributed by atoms with Crippen LogP contribution in [0.3, 0.4) is 0 Å². The summed E-state index contributed by atoms with van der Waals surface area (Å²) < 4.78 is 16.5. The van der Waals surface area contributed by atoms with Gasteiger partial charge in [0.05, 0.1) is 24.8 Å². The Kier molecular flexibility index (Phi) is 4.46. The van der Waals surface area contributed by atoms with Gasteiger partial charge in [-0.05, 0) is 49.7 Å². The number of rotatable bonds is 5. The maximum Gasteiger partial charge on any atom is 0.258 e. The number of nitrogens with zero attached hydrogens (tertiary/aromatic N) is 3. The fourth-order valence-electron chi connectivity index (χ4n) is 2.93. The molecule has 6 heteroatoms. The van der Waals surface area contributed by atoms with Crippen molar-refractivity contribution in [2.24, 2.45) is 0 Å². The Labute approximate surface area is 156 Å². The van der Waals surface area contributed by atoms with Crippen molar-refractivity contribution < 1.29 is 14.0 Å². The Balaban J connectivity index is 1.84. The van der Waals surface area contributed by atoms with Crippen molar-refractivity contribution in [1.82, 2.24) is 15.1 Å². The summed E-state index contributed by atoms with van der Waals surface area (Å²) in [6, 6.07) is 15.5. The van der Waals surface area contributed by atoms with Crippen LogP contribution in [0.4, 0.5) is 0 Å². The molecule has 0 atom stereocenters. The molecule has 2 aromatic carbocycles. The molecule has 0 unspecified atom stereocenters. The van der Waals surface area contributed by atoms with E-state index in [4.69, 9.17) is 14.0 Å². The zero-order valence-electron chi connectivity index (χ0n) is 15.4. The van der Waals surface area contributed by atoms with Gasteiger partial charge in [-0.1, -0.05) is 23.4 Å². The topological polar surface area (TPSA) is 70.3 Å². The van der Waals surface area contributed by atoms with E-state index >= 15 is 0 Å². The van der Waals surface area contributed by atoms with Crippen molar-refractivity contribution in [1.29, 1.82) is 0 Å². The van der Waals surface area contributed by atoms with Gasteiger partial charge in [-0.15, -0.1) is 0 Å². The second kappa shape index (κ2) is 7.07. The second-order valence-corrected chi connectivity index (χ2v) is 6.07. The van der Waals surface area contributed by atoms with Gasteiger partial charge in [0.2, 0.25) is 11.7 Å². The molecule has 2 aromatic heterocycles. The first-order chi connectivity index (χ1) is 13.2. The molecule has 0 bridgehead atoms. The average Bonchev–Trinajstić information content (AvgIpc) is 3.17. The Morgan fingerprint density at radius 2 is 1.85 bits per heavy atom. The number of ether oxygens (including phenoxy) is 2. The summed E-state index contributed by atoms with van der Waals surface area (Å²) in [5.41, 5.74) is 3.47. The molecule has 0 aliphatic rings. The molecule has 0 saturated carbocycles. The number of aromatic nitrogens is 3. The summed E-state index contributed by atoms with van der Waals surface area (Å²) in [5.74, 6) is 2.14. The Morgan fingerprint density at radius 1 is 1.00 bits per heavy atom. The van der Waals surface area contributed by atoms with E-state index in [9.17, 15) is 0 Å². The number of benzene rings is 2. The molecule has 0 amide bonds. The summed E-state index contributed by atoms with van der Waals surface area (Å²) in [6.07, 6.45) is 0. The molecule has 0 saturated heterocycles. The molecular weight excluding hydrogens is 342 g/mol. The van der Waals surface area contributed by atoms with Crippen LogP contribution in [0.2, 0.25) is 0 Å². The highest BCUT2D eigenvalue weighted by Gasteiger charge is 2.18. The van der Waals surface area contributed by atoms with Gasteiger partial charge in [0.25, 0.3) is 5.89 Å². The number of hydrogen-bond donors (Lipinski definition) is 0. The number of aryl methyl sites for hydroxylation is 1. The Morgan fingerprint density at radius 3 is 2.63 bits per heavy atom. The van der Waals surface area contributed by atoms with E-state index in [1.165, 1.54) is 0 Å². The smallest absolute Gasteiger partial charge is 0.258 e. The minimum absolute atomic E-state index is 0.439. The van der Waals surface area contributed by atoms with E-state index in [0.29, 0.717) is 29.8 Å². The molecule has 0 aliphatic heterocycles. The lowest BCUT2D eigenvalue weighted by Gasteiger charge is -2.09. The normalized spacial score (nSPS) is 10.9. The van der Waals surface area contributed by atoms with Crippen LogP contribution in [0.25, 0.3) is 33.7 Å². The van der Waals surface area contributed by atoms with Crippen LogP contribution >= 0.6 is 0 Å². The third-order valence-electron chi connectivity index (χ3n) is 4.31. The zero-order valence-corrected chi connectivity index (χ0v) is 15.4. The van der Waals surface area contributed by atoms with E-state index in [1.807, 2.05) is 62.4 Å². The van der Waals surface area contributed by atoms with Gasteiger partial charge in [-0.2, -0.15) is 4.98 Å². The van der Waals surface area contributed by atoms with E-state index < -0.39 is 0 Å². The maximum atomic E-state index is 5.73. The highest BCUT2D eigenvalue weighted by Crippen LogP contribution is 2.33. The molecule has 0 aliphatic carbocycles. The summed E-state index contributed by atoms with van der Waals surface area (Å²) in [4.78, 5) is 9.19. The van der Waals surface area contributed by atoms with Gasteiger partial charge in [0, 0.05) is 10.9 Å². The van der Waals surface area contributed by atoms with Gasteiger partial charge in [-0.3, -0.25) is 0 Å². The van der Waals surface area contributed by atoms with Crippen LogP contribution in [0.15, 0.2) is 53.1 Å². The SMILES string of the molecule is CCOc1nc2ccc(OC)cc2cc1-c1noc(-c2ccccc2C)n1. The third-order valence-corrected chi connectivity index (χ3v) is 4.31. The first kappa shape index (κ1) is 17.0. The number of methoxy groups -OCH3 is 1. The van der Waals surface area contributed by atoms with Crippen LogP contribution in [0, 0.1) is 6.92 Å². The van der Waals surface area contributed by atoms with Crippen LogP contribution in [0.5, 0.6) is 11.6 Å². The summed E-state index contributed by atoms with van der Waals surface area (Å²) in [7, 11) is 1.64.